The quantitative estimate of drug-likeness (QED) is 0.592. The van der Waals surface area contributed by atoms with E-state index in [0.717, 1.165) is 18.4 Å². The van der Waals surface area contributed by atoms with Crippen molar-refractivity contribution in [1.29, 1.82) is 0 Å². The van der Waals surface area contributed by atoms with E-state index in [-0.39, 0.29) is 12.1 Å². The van der Waals surface area contributed by atoms with Crippen LogP contribution in [0.1, 0.15) is 45.6 Å². The molecule has 0 unspecified atom stereocenters. The molecule has 1 aliphatic carbocycles. The van der Waals surface area contributed by atoms with Gasteiger partial charge in [0.25, 0.3) is 0 Å². The maximum atomic E-state index is 12.0. The van der Waals surface area contributed by atoms with E-state index in [9.17, 15) is 4.79 Å². The van der Waals surface area contributed by atoms with Gasteiger partial charge in [0.05, 0.1) is 0 Å². The molecule has 0 saturated heterocycles. The van der Waals surface area contributed by atoms with Crippen LogP contribution in [0.4, 0.5) is 0 Å². The smallest absolute Gasteiger partial charge is 0.331 e. The van der Waals surface area contributed by atoms with Crippen molar-refractivity contribution in [3.05, 3.63) is 42.0 Å². The van der Waals surface area contributed by atoms with Gasteiger partial charge in [-0.05, 0) is 48.7 Å². The Kier molecular flexibility index (Phi) is 5.60. The van der Waals surface area contributed by atoms with E-state index in [4.69, 9.17) is 4.74 Å². The molecular formula is C19H26O2. The molecule has 1 saturated carbocycles. The van der Waals surface area contributed by atoms with Crippen LogP contribution >= 0.6 is 0 Å². The molecule has 1 aromatic rings. The summed E-state index contributed by atoms with van der Waals surface area (Å²) >= 11 is 0. The highest BCUT2D eigenvalue weighted by Crippen LogP contribution is 2.35. The Morgan fingerprint density at radius 2 is 1.90 bits per heavy atom. The van der Waals surface area contributed by atoms with Gasteiger partial charge in [0, 0.05) is 6.08 Å². The van der Waals surface area contributed by atoms with Crippen molar-refractivity contribution in [3.63, 3.8) is 0 Å². The number of esters is 1. The maximum absolute atomic E-state index is 12.0. The molecule has 0 amide bonds. The van der Waals surface area contributed by atoms with Crippen LogP contribution < -0.4 is 0 Å². The van der Waals surface area contributed by atoms with Gasteiger partial charge in [-0.25, -0.2) is 4.79 Å². The van der Waals surface area contributed by atoms with Crippen molar-refractivity contribution < 1.29 is 9.53 Å². The van der Waals surface area contributed by atoms with Gasteiger partial charge >= 0.3 is 5.97 Å². The molecule has 0 N–H and O–H groups in total. The summed E-state index contributed by atoms with van der Waals surface area (Å²) in [5.41, 5.74) is 1.02. The molecule has 0 bridgehead atoms. The first-order chi connectivity index (χ1) is 10.0. The lowest BCUT2D eigenvalue weighted by Gasteiger charge is -2.34. The zero-order chi connectivity index (χ0) is 15.2. The first-order valence-electron chi connectivity index (χ1n) is 7.98. The zero-order valence-corrected chi connectivity index (χ0v) is 13.3. The molecule has 1 aliphatic rings. The Bertz CT molecular complexity index is 476. The Labute approximate surface area is 128 Å². The summed E-state index contributed by atoms with van der Waals surface area (Å²) in [6.45, 7) is 6.78. The molecular weight excluding hydrogens is 260 g/mol. The van der Waals surface area contributed by atoms with Crippen LogP contribution in [0.3, 0.4) is 0 Å². The lowest BCUT2D eigenvalue weighted by Crippen LogP contribution is -2.31. The van der Waals surface area contributed by atoms with Crippen molar-refractivity contribution in [2.45, 2.75) is 46.1 Å². The second-order valence-electron chi connectivity index (χ2n) is 6.62. The molecule has 21 heavy (non-hydrogen) atoms. The molecule has 0 aromatic heterocycles. The number of ether oxygens (including phenoxy) is 1. The van der Waals surface area contributed by atoms with E-state index in [1.807, 2.05) is 36.4 Å². The highest BCUT2D eigenvalue weighted by molar-refractivity contribution is 5.87. The molecule has 114 valence electrons. The molecule has 1 fully saturated rings. The third-order valence-corrected chi connectivity index (χ3v) is 4.37. The average molecular weight is 286 g/mol. The van der Waals surface area contributed by atoms with Crippen molar-refractivity contribution >= 4 is 12.0 Å². The fourth-order valence-electron chi connectivity index (χ4n) is 3.16. The summed E-state index contributed by atoms with van der Waals surface area (Å²) in [7, 11) is 0. The van der Waals surface area contributed by atoms with E-state index in [2.05, 4.69) is 20.8 Å². The molecule has 2 rings (SSSR count). The monoisotopic (exact) mass is 286 g/mol. The molecule has 0 heterocycles. The molecule has 0 spiro atoms. The van der Waals surface area contributed by atoms with Crippen LogP contribution in [0, 0.1) is 17.8 Å². The van der Waals surface area contributed by atoms with E-state index < -0.39 is 0 Å². The third kappa shape index (κ3) is 5.04. The van der Waals surface area contributed by atoms with Gasteiger partial charge in [0.15, 0.2) is 0 Å². The number of carbonyl (C=O) groups excluding carboxylic acids is 1. The standard InChI is InChI=1S/C19H26O2/c1-14(2)17-11-15(3)12-18(13-17)21-19(20)10-9-16-7-5-4-6-8-16/h4-10,14-15,17-18H,11-13H2,1-3H3/b10-9+/t15-,17+,18-/m0/s1. The fraction of sp³-hybridized carbons (Fsp3) is 0.526. The van der Waals surface area contributed by atoms with Crippen LogP contribution in [0.15, 0.2) is 36.4 Å². The minimum atomic E-state index is -0.222. The van der Waals surface area contributed by atoms with Gasteiger partial charge in [-0.15, -0.1) is 0 Å². The van der Waals surface area contributed by atoms with Crippen LogP contribution in [0.25, 0.3) is 6.08 Å². The summed E-state index contributed by atoms with van der Waals surface area (Å²) in [5.74, 6) is 1.75. The molecule has 3 atom stereocenters. The number of rotatable bonds is 4. The van der Waals surface area contributed by atoms with Crippen molar-refractivity contribution in [2.24, 2.45) is 17.8 Å². The first kappa shape index (κ1) is 15.8. The van der Waals surface area contributed by atoms with E-state index in [0.29, 0.717) is 17.8 Å². The zero-order valence-electron chi connectivity index (χ0n) is 13.3. The maximum Gasteiger partial charge on any atom is 0.331 e. The normalized spacial score (nSPS) is 26.2. The fourth-order valence-corrected chi connectivity index (χ4v) is 3.16. The predicted molar refractivity (Wildman–Crippen MR) is 86.7 cm³/mol. The SMILES string of the molecule is CC(C)[C@@H]1C[C@H](C)C[C@H](OC(=O)/C=C/c2ccccc2)C1. The Hall–Kier alpha value is -1.57. The summed E-state index contributed by atoms with van der Waals surface area (Å²) in [6.07, 6.45) is 6.69. The highest BCUT2D eigenvalue weighted by Gasteiger charge is 2.30. The van der Waals surface area contributed by atoms with Crippen molar-refractivity contribution in [1.82, 2.24) is 0 Å². The van der Waals surface area contributed by atoms with Gasteiger partial charge in [-0.3, -0.25) is 0 Å². The van der Waals surface area contributed by atoms with Gasteiger partial charge in [0.1, 0.15) is 6.10 Å². The largest absolute Gasteiger partial charge is 0.459 e. The Morgan fingerprint density at radius 1 is 1.19 bits per heavy atom. The van der Waals surface area contributed by atoms with Gasteiger partial charge in [-0.1, -0.05) is 51.1 Å². The lowest BCUT2D eigenvalue weighted by atomic mass is 9.75. The second kappa shape index (κ2) is 7.44. The highest BCUT2D eigenvalue weighted by atomic mass is 16.5. The Balaban J connectivity index is 1.88. The topological polar surface area (TPSA) is 26.3 Å². The second-order valence-corrected chi connectivity index (χ2v) is 6.62. The summed E-state index contributed by atoms with van der Waals surface area (Å²) in [6, 6.07) is 9.83. The molecule has 2 nitrogen and oxygen atoms in total. The summed E-state index contributed by atoms with van der Waals surface area (Å²) in [4.78, 5) is 12.0. The van der Waals surface area contributed by atoms with Crippen molar-refractivity contribution in [2.75, 3.05) is 0 Å². The molecule has 1 aromatic carbocycles. The summed E-state index contributed by atoms with van der Waals surface area (Å²) < 4.78 is 5.64. The Morgan fingerprint density at radius 3 is 2.57 bits per heavy atom. The third-order valence-electron chi connectivity index (χ3n) is 4.37. The lowest BCUT2D eigenvalue weighted by molar-refractivity contribution is -0.146. The predicted octanol–water partition coefficient (Wildman–Crippen LogP) is 4.70. The van der Waals surface area contributed by atoms with Crippen molar-refractivity contribution in [3.8, 4) is 0 Å². The van der Waals surface area contributed by atoms with Gasteiger partial charge < -0.3 is 4.74 Å². The number of hydrogen-bond donors (Lipinski definition) is 0. The summed E-state index contributed by atoms with van der Waals surface area (Å²) in [5, 5.41) is 0. The number of benzene rings is 1. The molecule has 0 aliphatic heterocycles. The van der Waals surface area contributed by atoms with E-state index in [1.54, 1.807) is 6.08 Å². The molecule has 2 heteroatoms. The number of carbonyl (C=O) groups is 1. The molecule has 0 radical (unpaired) electrons. The minimum Gasteiger partial charge on any atom is -0.459 e. The number of hydrogen-bond acceptors (Lipinski definition) is 2. The first-order valence-corrected chi connectivity index (χ1v) is 7.98. The average Bonchev–Trinajstić information content (AvgIpc) is 2.45. The van der Waals surface area contributed by atoms with Gasteiger partial charge in [-0.2, -0.15) is 0 Å². The van der Waals surface area contributed by atoms with Gasteiger partial charge in [0.2, 0.25) is 0 Å². The van der Waals surface area contributed by atoms with Crippen LogP contribution in [0.5, 0.6) is 0 Å². The van der Waals surface area contributed by atoms with E-state index in [1.165, 1.54) is 6.42 Å². The van der Waals surface area contributed by atoms with Crippen LogP contribution in [0.2, 0.25) is 0 Å². The van der Waals surface area contributed by atoms with Crippen LogP contribution in [-0.2, 0) is 9.53 Å². The minimum absolute atomic E-state index is 0.0778. The van der Waals surface area contributed by atoms with Crippen LogP contribution in [-0.4, -0.2) is 12.1 Å². The van der Waals surface area contributed by atoms with E-state index >= 15 is 0 Å².